The van der Waals surface area contributed by atoms with Crippen LogP contribution < -0.4 is 0 Å². The molecule has 0 amide bonds. The van der Waals surface area contributed by atoms with Gasteiger partial charge in [-0.05, 0) is 25.5 Å². The maximum Gasteiger partial charge on any atom is 0.163 e. The van der Waals surface area contributed by atoms with E-state index in [9.17, 15) is 0 Å². The molecule has 1 nitrogen and oxygen atoms in total. The molecule has 1 aromatic carbocycles. The van der Waals surface area contributed by atoms with E-state index in [4.69, 9.17) is 4.43 Å². The van der Waals surface area contributed by atoms with Gasteiger partial charge in [0.1, 0.15) is 0 Å². The molecule has 0 unspecified atom stereocenters. The van der Waals surface area contributed by atoms with Crippen LogP contribution in [0.4, 0.5) is 0 Å². The van der Waals surface area contributed by atoms with E-state index in [2.05, 4.69) is 54.0 Å². The molecular weight excluding hydrogens is 256 g/mol. The standard InChI is InChI=1S/C11H17BrOSi/c1-11(2,13-14-9-8-12)10-6-4-3-5-7-10/h3-7H,8-9,14H2,1-2H3. The number of halogens is 1. The molecule has 0 saturated heterocycles. The third-order valence-electron chi connectivity index (χ3n) is 2.21. The molecule has 14 heavy (non-hydrogen) atoms. The van der Waals surface area contributed by atoms with Crippen LogP contribution >= 0.6 is 15.9 Å². The molecule has 3 heteroatoms. The second-order valence-corrected chi connectivity index (χ2v) is 5.96. The van der Waals surface area contributed by atoms with E-state index in [1.165, 1.54) is 11.6 Å². The van der Waals surface area contributed by atoms with Gasteiger partial charge >= 0.3 is 0 Å². The highest BCUT2D eigenvalue weighted by Gasteiger charge is 2.19. The van der Waals surface area contributed by atoms with Crippen LogP contribution in [-0.2, 0) is 10.0 Å². The minimum absolute atomic E-state index is 0.115. The second-order valence-electron chi connectivity index (χ2n) is 3.77. The van der Waals surface area contributed by atoms with E-state index in [-0.39, 0.29) is 15.4 Å². The smallest absolute Gasteiger partial charge is 0.163 e. The van der Waals surface area contributed by atoms with Crippen LogP contribution in [0.3, 0.4) is 0 Å². The maximum absolute atomic E-state index is 5.96. The molecule has 1 aromatic rings. The lowest BCUT2D eigenvalue weighted by atomic mass is 9.99. The van der Waals surface area contributed by atoms with Crippen LogP contribution in [0.2, 0.25) is 6.04 Å². The molecule has 0 aliphatic rings. The molecule has 0 bridgehead atoms. The van der Waals surface area contributed by atoms with Crippen LogP contribution in [0.1, 0.15) is 19.4 Å². The number of alkyl halides is 1. The molecule has 1 rings (SSSR count). The highest BCUT2D eigenvalue weighted by atomic mass is 79.9. The van der Waals surface area contributed by atoms with Gasteiger partial charge in [0.15, 0.2) is 9.76 Å². The van der Waals surface area contributed by atoms with Crippen molar-refractivity contribution in [2.45, 2.75) is 25.5 Å². The predicted octanol–water partition coefficient (Wildman–Crippen LogP) is 2.84. The van der Waals surface area contributed by atoms with Crippen molar-refractivity contribution in [3.63, 3.8) is 0 Å². The first-order valence-corrected chi connectivity index (χ1v) is 7.62. The summed E-state index contributed by atoms with van der Waals surface area (Å²) in [5, 5.41) is 1.06. The van der Waals surface area contributed by atoms with E-state index in [1.54, 1.807) is 0 Å². The Hall–Kier alpha value is -0.123. The Labute approximate surface area is 96.9 Å². The van der Waals surface area contributed by atoms with Crippen LogP contribution in [0.25, 0.3) is 0 Å². The summed E-state index contributed by atoms with van der Waals surface area (Å²) >= 11 is 3.43. The summed E-state index contributed by atoms with van der Waals surface area (Å²) in [4.78, 5) is 0. The molecule has 0 saturated carbocycles. The Kier molecular flexibility index (Phi) is 4.85. The molecule has 0 N–H and O–H groups in total. The van der Waals surface area contributed by atoms with E-state index in [0.29, 0.717) is 0 Å². The highest BCUT2D eigenvalue weighted by Crippen LogP contribution is 2.23. The van der Waals surface area contributed by atoms with Crippen molar-refractivity contribution in [2.24, 2.45) is 0 Å². The summed E-state index contributed by atoms with van der Waals surface area (Å²) in [5.41, 5.74) is 1.15. The minimum Gasteiger partial charge on any atom is -0.415 e. The minimum atomic E-state index is -0.384. The van der Waals surface area contributed by atoms with Crippen LogP contribution in [0.5, 0.6) is 0 Å². The van der Waals surface area contributed by atoms with Crippen molar-refractivity contribution < 1.29 is 4.43 Å². The Bertz CT molecular complexity index is 261. The fourth-order valence-corrected chi connectivity index (χ4v) is 2.92. The van der Waals surface area contributed by atoms with Gasteiger partial charge in [-0.2, -0.15) is 0 Å². The molecule has 0 fully saturated rings. The average Bonchev–Trinajstić information content (AvgIpc) is 2.19. The first-order valence-electron chi connectivity index (χ1n) is 4.92. The van der Waals surface area contributed by atoms with Gasteiger partial charge < -0.3 is 4.43 Å². The third-order valence-corrected chi connectivity index (χ3v) is 5.37. The van der Waals surface area contributed by atoms with Gasteiger partial charge in [-0.1, -0.05) is 46.3 Å². The van der Waals surface area contributed by atoms with Crippen molar-refractivity contribution in [3.05, 3.63) is 35.9 Å². The molecule has 78 valence electrons. The third kappa shape index (κ3) is 3.56. The average molecular weight is 273 g/mol. The largest absolute Gasteiger partial charge is 0.415 e. The van der Waals surface area contributed by atoms with E-state index >= 15 is 0 Å². The summed E-state index contributed by atoms with van der Waals surface area (Å²) in [6.07, 6.45) is 0. The van der Waals surface area contributed by atoms with Gasteiger partial charge in [-0.25, -0.2) is 0 Å². The molecule has 0 aliphatic carbocycles. The van der Waals surface area contributed by atoms with Gasteiger partial charge in [0, 0.05) is 5.33 Å². The van der Waals surface area contributed by atoms with Crippen LogP contribution in [0.15, 0.2) is 30.3 Å². The number of benzene rings is 1. The summed E-state index contributed by atoms with van der Waals surface area (Å²) in [5.74, 6) is 0. The Morgan fingerprint density at radius 2 is 1.93 bits per heavy atom. The monoisotopic (exact) mass is 272 g/mol. The lowest BCUT2D eigenvalue weighted by molar-refractivity contribution is 0.115. The summed E-state index contributed by atoms with van der Waals surface area (Å²) < 4.78 is 5.96. The Morgan fingerprint density at radius 3 is 2.50 bits per heavy atom. The zero-order chi connectivity index (χ0) is 10.4. The van der Waals surface area contributed by atoms with Gasteiger partial charge in [-0.3, -0.25) is 0 Å². The summed E-state index contributed by atoms with van der Waals surface area (Å²) in [6.45, 7) is 4.28. The topological polar surface area (TPSA) is 9.23 Å². The first-order chi connectivity index (χ1) is 6.67. The lowest BCUT2D eigenvalue weighted by Crippen LogP contribution is -2.23. The van der Waals surface area contributed by atoms with E-state index < -0.39 is 0 Å². The fraction of sp³-hybridized carbons (Fsp3) is 0.455. The first kappa shape index (κ1) is 11.9. The lowest BCUT2D eigenvalue weighted by Gasteiger charge is -2.26. The van der Waals surface area contributed by atoms with Crippen LogP contribution in [-0.4, -0.2) is 15.1 Å². The molecule has 0 atom stereocenters. The molecule has 0 spiro atoms. The number of rotatable bonds is 5. The Morgan fingerprint density at radius 1 is 1.29 bits per heavy atom. The molecule has 0 aromatic heterocycles. The van der Waals surface area contributed by atoms with Gasteiger partial charge in [0.05, 0.1) is 5.60 Å². The predicted molar refractivity (Wildman–Crippen MR) is 67.7 cm³/mol. The maximum atomic E-state index is 5.96. The van der Waals surface area contributed by atoms with Crippen molar-refractivity contribution in [3.8, 4) is 0 Å². The fourth-order valence-electron chi connectivity index (χ4n) is 1.30. The summed E-state index contributed by atoms with van der Waals surface area (Å²) in [6, 6.07) is 11.6. The molecular formula is C11H17BrOSi. The van der Waals surface area contributed by atoms with Crippen molar-refractivity contribution >= 4 is 25.7 Å². The van der Waals surface area contributed by atoms with Gasteiger partial charge in [0.2, 0.25) is 0 Å². The second kappa shape index (κ2) is 5.68. The zero-order valence-corrected chi connectivity index (χ0v) is 11.8. The zero-order valence-electron chi connectivity index (χ0n) is 8.79. The van der Waals surface area contributed by atoms with Crippen molar-refractivity contribution in [2.75, 3.05) is 5.33 Å². The van der Waals surface area contributed by atoms with E-state index in [0.717, 1.165) is 5.33 Å². The highest BCUT2D eigenvalue weighted by molar-refractivity contribution is 9.09. The van der Waals surface area contributed by atoms with Crippen LogP contribution in [0, 0.1) is 0 Å². The van der Waals surface area contributed by atoms with Gasteiger partial charge in [-0.15, -0.1) is 0 Å². The molecule has 0 radical (unpaired) electrons. The molecule has 0 aliphatic heterocycles. The SMILES string of the molecule is CC(C)(O[SiH2]CCBr)c1ccccc1. The number of hydrogen-bond acceptors (Lipinski definition) is 1. The van der Waals surface area contributed by atoms with Crippen molar-refractivity contribution in [1.82, 2.24) is 0 Å². The normalized spacial score (nSPS) is 12.5. The molecule has 0 heterocycles. The van der Waals surface area contributed by atoms with Crippen molar-refractivity contribution in [1.29, 1.82) is 0 Å². The summed E-state index contributed by atoms with van der Waals surface area (Å²) in [7, 11) is -0.384. The van der Waals surface area contributed by atoms with Gasteiger partial charge in [0.25, 0.3) is 0 Å². The van der Waals surface area contributed by atoms with E-state index in [1.807, 2.05) is 6.07 Å². The Balaban J connectivity index is 2.56. The number of hydrogen-bond donors (Lipinski definition) is 0. The quantitative estimate of drug-likeness (QED) is 0.455.